The molecular formula is C32H44N2O4. The molecule has 2 N–H and O–H groups in total. The van der Waals surface area contributed by atoms with Gasteiger partial charge in [0.2, 0.25) is 5.91 Å². The van der Waals surface area contributed by atoms with E-state index >= 15 is 0 Å². The van der Waals surface area contributed by atoms with E-state index in [2.05, 4.69) is 24.1 Å². The second-order valence-electron chi connectivity index (χ2n) is 9.88. The lowest BCUT2D eigenvalue weighted by Gasteiger charge is -2.40. The standard InChI is InChI=1S/C32H44N2O4/c1-26(11-7-8-12-27(2)14-10-16-29(4)18-20-31(36)37)13-9-15-28(3)17-19-30(35)33-25-32(5,6)34-21-23-38-24-22-34/h7-20H,21-25H2,1-6H3,(H,33,35)(H,36,37)/b8-7+,13-9+,14-10+,19-17+,20-18+,26-11+,27-12+,28-15+,29-16-. The number of carboxylic acids is 1. The van der Waals surface area contributed by atoms with Gasteiger partial charge in [0.15, 0.2) is 0 Å². The van der Waals surface area contributed by atoms with E-state index in [4.69, 9.17) is 9.84 Å². The Morgan fingerprint density at radius 3 is 1.68 bits per heavy atom. The second-order valence-corrected chi connectivity index (χ2v) is 9.88. The monoisotopic (exact) mass is 520 g/mol. The molecule has 1 fully saturated rings. The maximum atomic E-state index is 12.3. The average Bonchev–Trinajstić information content (AvgIpc) is 2.88. The van der Waals surface area contributed by atoms with Crippen LogP contribution in [0.5, 0.6) is 0 Å². The Labute approximate surface area is 228 Å². The maximum absolute atomic E-state index is 12.3. The Bertz CT molecular complexity index is 1060. The zero-order valence-electron chi connectivity index (χ0n) is 23.7. The van der Waals surface area contributed by atoms with E-state index in [9.17, 15) is 9.59 Å². The molecule has 1 aliphatic rings. The van der Waals surface area contributed by atoms with Crippen LogP contribution in [0.4, 0.5) is 0 Å². The number of nitrogens with one attached hydrogen (secondary N) is 1. The summed E-state index contributed by atoms with van der Waals surface area (Å²) in [5.74, 6) is -1.05. The molecule has 0 aromatic carbocycles. The Morgan fingerprint density at radius 1 is 0.737 bits per heavy atom. The quantitative estimate of drug-likeness (QED) is 0.235. The van der Waals surface area contributed by atoms with E-state index in [1.807, 2.05) is 94.5 Å². The molecule has 38 heavy (non-hydrogen) atoms. The van der Waals surface area contributed by atoms with Gasteiger partial charge < -0.3 is 15.2 Å². The van der Waals surface area contributed by atoms with Crippen molar-refractivity contribution in [2.45, 2.75) is 47.1 Å². The molecule has 0 unspecified atom stereocenters. The number of hydrogen-bond acceptors (Lipinski definition) is 4. The highest BCUT2D eigenvalue weighted by atomic mass is 16.5. The topological polar surface area (TPSA) is 78.9 Å². The summed E-state index contributed by atoms with van der Waals surface area (Å²) in [6.07, 6.45) is 25.7. The van der Waals surface area contributed by atoms with Crippen LogP contribution in [0.15, 0.2) is 107 Å². The molecule has 0 aromatic heterocycles. The summed E-state index contributed by atoms with van der Waals surface area (Å²) in [6.45, 7) is 16.0. The van der Waals surface area contributed by atoms with Crippen LogP contribution in [0.3, 0.4) is 0 Å². The number of carbonyl (C=O) groups is 2. The minimum atomic E-state index is -0.955. The van der Waals surface area contributed by atoms with Crippen LogP contribution in [0, 0.1) is 0 Å². The Morgan fingerprint density at radius 2 is 1.18 bits per heavy atom. The molecule has 1 aliphatic heterocycles. The minimum Gasteiger partial charge on any atom is -0.478 e. The van der Waals surface area contributed by atoms with Crippen molar-refractivity contribution in [1.82, 2.24) is 10.2 Å². The third-order valence-electron chi connectivity index (χ3n) is 5.81. The van der Waals surface area contributed by atoms with Crippen molar-refractivity contribution in [3.8, 4) is 0 Å². The number of nitrogens with zero attached hydrogens (tertiary/aromatic N) is 1. The summed E-state index contributed by atoms with van der Waals surface area (Å²) < 4.78 is 5.42. The van der Waals surface area contributed by atoms with Crippen LogP contribution in [0.25, 0.3) is 0 Å². The highest BCUT2D eigenvalue weighted by molar-refractivity contribution is 5.88. The van der Waals surface area contributed by atoms with Gasteiger partial charge in [-0.2, -0.15) is 0 Å². The molecule has 206 valence electrons. The summed E-state index contributed by atoms with van der Waals surface area (Å²) in [4.78, 5) is 25.1. The third kappa shape index (κ3) is 15.6. The van der Waals surface area contributed by atoms with Gasteiger partial charge in [-0.3, -0.25) is 9.69 Å². The van der Waals surface area contributed by atoms with Gasteiger partial charge in [0.25, 0.3) is 0 Å². The van der Waals surface area contributed by atoms with Crippen molar-refractivity contribution in [3.63, 3.8) is 0 Å². The van der Waals surface area contributed by atoms with Crippen LogP contribution >= 0.6 is 0 Å². The maximum Gasteiger partial charge on any atom is 0.328 e. The van der Waals surface area contributed by atoms with Gasteiger partial charge in [-0.25, -0.2) is 4.79 Å². The number of aliphatic carboxylic acids is 1. The first-order valence-electron chi connectivity index (χ1n) is 12.9. The highest BCUT2D eigenvalue weighted by Gasteiger charge is 2.28. The zero-order chi connectivity index (χ0) is 28.4. The van der Waals surface area contributed by atoms with Crippen molar-refractivity contribution < 1.29 is 19.4 Å². The van der Waals surface area contributed by atoms with Crippen molar-refractivity contribution in [2.75, 3.05) is 32.8 Å². The number of hydrogen-bond donors (Lipinski definition) is 2. The molecule has 0 saturated carbocycles. The molecule has 1 rings (SSSR count). The Balaban J connectivity index is 2.49. The molecule has 6 heteroatoms. The average molecular weight is 521 g/mol. The van der Waals surface area contributed by atoms with E-state index in [0.717, 1.165) is 54.7 Å². The highest BCUT2D eigenvalue weighted by Crippen LogP contribution is 2.15. The molecule has 0 aromatic rings. The van der Waals surface area contributed by atoms with E-state index in [1.165, 1.54) is 0 Å². The molecule has 0 bridgehead atoms. The lowest BCUT2D eigenvalue weighted by molar-refractivity contribution is -0.131. The number of ether oxygens (including phenoxy) is 1. The summed E-state index contributed by atoms with van der Waals surface area (Å²) in [5.41, 5.74) is 3.92. The number of amides is 1. The SMILES string of the molecule is CC(=C/C=C/C(C)=C/C=C/C=C(C)/C=C/C=C(C)/C=C/C(=O)NCC(C)(C)N1CCOCC1)/C=C/C(=O)O. The summed E-state index contributed by atoms with van der Waals surface area (Å²) in [6, 6.07) is 0. The van der Waals surface area contributed by atoms with E-state index in [1.54, 1.807) is 12.2 Å². The van der Waals surface area contributed by atoms with Gasteiger partial charge in [0.05, 0.1) is 13.2 Å². The number of allylic oxidation sites excluding steroid dienone is 16. The van der Waals surface area contributed by atoms with E-state index < -0.39 is 5.97 Å². The first-order chi connectivity index (χ1) is 18.0. The minimum absolute atomic E-state index is 0.0938. The largest absolute Gasteiger partial charge is 0.478 e. The van der Waals surface area contributed by atoms with E-state index in [0.29, 0.717) is 6.54 Å². The first kappa shape index (κ1) is 32.5. The van der Waals surface area contributed by atoms with Crippen LogP contribution in [-0.2, 0) is 14.3 Å². The van der Waals surface area contributed by atoms with Crippen LogP contribution in [0.1, 0.15) is 41.5 Å². The van der Waals surface area contributed by atoms with Gasteiger partial charge in [-0.1, -0.05) is 95.2 Å². The molecule has 1 saturated heterocycles. The molecule has 6 nitrogen and oxygen atoms in total. The Hall–Kier alpha value is -3.48. The van der Waals surface area contributed by atoms with Crippen molar-refractivity contribution in [1.29, 1.82) is 0 Å². The Kier molecular flexibility index (Phi) is 15.3. The van der Waals surface area contributed by atoms with Gasteiger partial charge in [-0.05, 0) is 41.5 Å². The summed E-state index contributed by atoms with van der Waals surface area (Å²) in [7, 11) is 0. The third-order valence-corrected chi connectivity index (χ3v) is 5.81. The van der Waals surface area contributed by atoms with Gasteiger partial charge in [0, 0.05) is 37.3 Å². The number of carboxylic acid groups (broad SMARTS) is 1. The predicted octanol–water partition coefficient (Wildman–Crippen LogP) is 5.86. The van der Waals surface area contributed by atoms with Gasteiger partial charge in [-0.15, -0.1) is 0 Å². The van der Waals surface area contributed by atoms with Crippen LogP contribution in [0.2, 0.25) is 0 Å². The van der Waals surface area contributed by atoms with E-state index in [-0.39, 0.29) is 11.4 Å². The fourth-order valence-electron chi connectivity index (χ4n) is 3.39. The molecule has 0 spiro atoms. The molecule has 0 radical (unpaired) electrons. The van der Waals surface area contributed by atoms with Crippen molar-refractivity contribution in [3.05, 3.63) is 107 Å². The first-order valence-corrected chi connectivity index (χ1v) is 12.9. The predicted molar refractivity (Wildman–Crippen MR) is 158 cm³/mol. The van der Waals surface area contributed by atoms with Gasteiger partial charge >= 0.3 is 5.97 Å². The number of carbonyl (C=O) groups excluding carboxylic acids is 1. The molecule has 0 aliphatic carbocycles. The summed E-state index contributed by atoms with van der Waals surface area (Å²) in [5, 5.41) is 11.6. The fraction of sp³-hybridized carbons (Fsp3) is 0.375. The van der Waals surface area contributed by atoms with Gasteiger partial charge in [0.1, 0.15) is 0 Å². The zero-order valence-corrected chi connectivity index (χ0v) is 23.7. The van der Waals surface area contributed by atoms with Crippen molar-refractivity contribution in [2.24, 2.45) is 0 Å². The number of rotatable bonds is 13. The normalized spacial score (nSPS) is 17.6. The van der Waals surface area contributed by atoms with Crippen LogP contribution < -0.4 is 5.32 Å². The fourth-order valence-corrected chi connectivity index (χ4v) is 3.39. The summed E-state index contributed by atoms with van der Waals surface area (Å²) >= 11 is 0. The lowest BCUT2D eigenvalue weighted by atomic mass is 10.0. The second kappa shape index (κ2) is 17.9. The number of morpholine rings is 1. The molecule has 1 heterocycles. The van der Waals surface area contributed by atoms with Crippen molar-refractivity contribution >= 4 is 11.9 Å². The molecule has 1 amide bonds. The molecular weight excluding hydrogens is 476 g/mol. The smallest absolute Gasteiger partial charge is 0.328 e. The molecule has 0 atom stereocenters. The lowest BCUT2D eigenvalue weighted by Crippen LogP contribution is -2.55. The van der Waals surface area contributed by atoms with Crippen LogP contribution in [-0.4, -0.2) is 60.3 Å².